The van der Waals surface area contributed by atoms with E-state index in [1.807, 2.05) is 0 Å². The van der Waals surface area contributed by atoms with Gasteiger partial charge in [-0.05, 0) is 0 Å². The maximum atomic E-state index is 9.67. The van der Waals surface area contributed by atoms with Gasteiger partial charge in [-0.3, -0.25) is 4.21 Å². The highest BCUT2D eigenvalue weighted by Crippen LogP contribution is 2.37. The zero-order valence-electron chi connectivity index (χ0n) is 4.00. The van der Waals surface area contributed by atoms with E-state index in [1.165, 1.54) is 0 Å². The van der Waals surface area contributed by atoms with Crippen LogP contribution in [0.2, 0.25) is 0 Å². The van der Waals surface area contributed by atoms with Gasteiger partial charge in [0.25, 0.3) is 0 Å². The molecule has 0 heterocycles. The predicted molar refractivity (Wildman–Crippen MR) is 25.5 cm³/mol. The minimum absolute atomic E-state index is 3.10. The van der Waals surface area contributed by atoms with E-state index in [9.17, 15) is 4.57 Å². The number of rotatable bonds is 2. The van der Waals surface area contributed by atoms with Gasteiger partial charge in [0.1, 0.15) is 0 Å². The molecular formula is H5O7PSi. The van der Waals surface area contributed by atoms with E-state index in [0.29, 0.717) is 0 Å². The van der Waals surface area contributed by atoms with Crippen molar-refractivity contribution in [3.63, 3.8) is 0 Å². The first-order valence-electron chi connectivity index (χ1n) is 1.64. The second-order valence-electron chi connectivity index (χ2n) is 1.16. The Kier molecular flexibility index (Phi) is 2.50. The highest BCUT2D eigenvalue weighted by atomic mass is 31.2. The number of hydrogen-bond donors (Lipinski definition) is 5. The van der Waals surface area contributed by atoms with Gasteiger partial charge in [-0.1, -0.05) is 0 Å². The van der Waals surface area contributed by atoms with Crippen LogP contribution in [-0.4, -0.2) is 33.2 Å². The van der Waals surface area contributed by atoms with Crippen molar-refractivity contribution in [2.75, 3.05) is 0 Å². The molecule has 0 amide bonds. The smallest absolute Gasteiger partial charge is 0.367 e. The largest absolute Gasteiger partial charge is 0.680 e. The molecule has 0 unspecified atom stereocenters. The molecule has 0 aromatic heterocycles. The molecule has 0 bridgehead atoms. The van der Waals surface area contributed by atoms with Gasteiger partial charge < -0.3 is 24.2 Å². The molecule has 9 heavy (non-hydrogen) atoms. The molecule has 0 aromatic carbocycles. The van der Waals surface area contributed by atoms with Crippen LogP contribution in [0.15, 0.2) is 0 Å². The van der Waals surface area contributed by atoms with Crippen molar-refractivity contribution in [1.82, 2.24) is 0 Å². The molecule has 9 heteroatoms. The molecule has 0 atom stereocenters. The van der Waals surface area contributed by atoms with Gasteiger partial charge in [0.05, 0.1) is 0 Å². The third-order valence-corrected chi connectivity index (χ3v) is 2.17. The van der Waals surface area contributed by atoms with Crippen LogP contribution in [0.4, 0.5) is 0 Å². The second-order valence-corrected chi connectivity index (χ2v) is 4.01. The van der Waals surface area contributed by atoms with Crippen LogP contribution in [0.5, 0.6) is 0 Å². The van der Waals surface area contributed by atoms with Crippen LogP contribution in [0.3, 0.4) is 0 Å². The summed E-state index contributed by atoms with van der Waals surface area (Å²) in [6, 6.07) is 0. The minimum atomic E-state index is -5.06. The lowest BCUT2D eigenvalue weighted by Gasteiger charge is -2.09. The monoisotopic (exact) mass is 176 g/mol. The Morgan fingerprint density at radius 1 is 1.22 bits per heavy atom. The third-order valence-electron chi connectivity index (χ3n) is 0.241. The first-order valence-corrected chi connectivity index (χ1v) is 4.92. The summed E-state index contributed by atoms with van der Waals surface area (Å²) in [7, 11) is -10.0. The fraction of sp³-hybridized carbons (Fsp3) is 0. The van der Waals surface area contributed by atoms with E-state index in [1.54, 1.807) is 0 Å². The molecule has 7 nitrogen and oxygen atoms in total. The SMILES string of the molecule is O=P(O)(O)O[Si](O)(O)O. The molecule has 0 fully saturated rings. The maximum Gasteiger partial charge on any atom is 0.680 e. The normalized spacial score (nSPS) is 13.9. The fourth-order valence-corrected chi connectivity index (χ4v) is 1.44. The maximum absolute atomic E-state index is 9.67. The quantitative estimate of drug-likeness (QED) is 0.232. The fourth-order valence-electron chi connectivity index (χ4n) is 0.160. The molecular weight excluding hydrogens is 171 g/mol. The van der Waals surface area contributed by atoms with Crippen molar-refractivity contribution in [2.24, 2.45) is 0 Å². The highest BCUT2D eigenvalue weighted by molar-refractivity contribution is 7.47. The Balaban J connectivity index is 3.90. The third kappa shape index (κ3) is 8.21. The van der Waals surface area contributed by atoms with Gasteiger partial charge in [0, 0.05) is 0 Å². The highest BCUT2D eigenvalue weighted by Gasteiger charge is 2.39. The van der Waals surface area contributed by atoms with Crippen molar-refractivity contribution < 1.29 is 33.0 Å². The topological polar surface area (TPSA) is 127 Å². The molecule has 0 aromatic rings. The lowest BCUT2D eigenvalue weighted by atomic mass is 15.6. The van der Waals surface area contributed by atoms with Crippen molar-refractivity contribution in [3.8, 4) is 0 Å². The van der Waals surface area contributed by atoms with Gasteiger partial charge in [-0.25, -0.2) is 4.57 Å². The van der Waals surface area contributed by atoms with Crippen LogP contribution in [0, 0.1) is 0 Å². The predicted octanol–water partition coefficient (Wildman–Crippen LogP) is -2.49. The molecule has 0 spiro atoms. The van der Waals surface area contributed by atoms with Crippen LogP contribution in [-0.2, 0) is 8.78 Å². The zero-order valence-corrected chi connectivity index (χ0v) is 5.89. The molecule has 0 saturated heterocycles. The Hall–Kier alpha value is 0.207. The molecule has 0 aliphatic rings. The van der Waals surface area contributed by atoms with Crippen molar-refractivity contribution in [1.29, 1.82) is 0 Å². The van der Waals surface area contributed by atoms with E-state index in [0.717, 1.165) is 0 Å². The second kappa shape index (κ2) is 2.44. The summed E-state index contributed by atoms with van der Waals surface area (Å²) in [5.74, 6) is 0. The summed E-state index contributed by atoms with van der Waals surface area (Å²) in [5, 5.41) is 0. The molecule has 0 rings (SSSR count). The number of hydrogen-bond acceptors (Lipinski definition) is 5. The zero-order chi connectivity index (χ0) is 7.71. The summed E-state index contributed by atoms with van der Waals surface area (Å²) >= 11 is 0. The lowest BCUT2D eigenvalue weighted by Crippen LogP contribution is -2.37. The average Bonchev–Trinajstić information content (AvgIpc) is 1.14. The molecule has 0 aliphatic carbocycles. The lowest BCUT2D eigenvalue weighted by molar-refractivity contribution is 0.106. The summed E-state index contributed by atoms with van der Waals surface area (Å²) in [5.41, 5.74) is 0. The van der Waals surface area contributed by atoms with E-state index in [2.05, 4.69) is 4.21 Å². The van der Waals surface area contributed by atoms with Gasteiger partial charge in [-0.2, -0.15) is 0 Å². The molecule has 5 N–H and O–H groups in total. The Bertz CT molecular complexity index is 126. The first-order chi connectivity index (χ1) is 3.71. The summed E-state index contributed by atoms with van der Waals surface area (Å²) in [6.45, 7) is 0. The molecule has 0 aliphatic heterocycles. The van der Waals surface area contributed by atoms with Crippen molar-refractivity contribution in [3.05, 3.63) is 0 Å². The molecule has 0 radical (unpaired) electrons. The Morgan fingerprint density at radius 2 is 1.56 bits per heavy atom. The van der Waals surface area contributed by atoms with Crippen LogP contribution < -0.4 is 0 Å². The van der Waals surface area contributed by atoms with Crippen molar-refractivity contribution in [2.45, 2.75) is 0 Å². The van der Waals surface area contributed by atoms with Gasteiger partial charge in [0.2, 0.25) is 0 Å². The van der Waals surface area contributed by atoms with E-state index in [4.69, 9.17) is 24.2 Å². The van der Waals surface area contributed by atoms with Gasteiger partial charge in [0.15, 0.2) is 0 Å². The van der Waals surface area contributed by atoms with Gasteiger partial charge >= 0.3 is 16.9 Å². The van der Waals surface area contributed by atoms with E-state index >= 15 is 0 Å². The molecule has 0 saturated carbocycles. The summed E-state index contributed by atoms with van der Waals surface area (Å²) < 4.78 is 12.8. The Labute approximate surface area is 50.9 Å². The van der Waals surface area contributed by atoms with Crippen LogP contribution in [0.1, 0.15) is 0 Å². The van der Waals surface area contributed by atoms with E-state index in [-0.39, 0.29) is 0 Å². The Morgan fingerprint density at radius 3 is 1.56 bits per heavy atom. The molecule has 56 valence electrons. The first kappa shape index (κ1) is 9.21. The van der Waals surface area contributed by atoms with Gasteiger partial charge in [-0.15, -0.1) is 0 Å². The average molecular weight is 176 g/mol. The standard InChI is InChI=1S/H5O7PSi/c1-8(2,3)7-9(4,5)6/h4-6H,(H2,1,2,3). The van der Waals surface area contributed by atoms with Crippen molar-refractivity contribution >= 4 is 16.9 Å². The minimum Gasteiger partial charge on any atom is -0.367 e. The number of phosphoric acid groups is 1. The van der Waals surface area contributed by atoms with E-state index < -0.39 is 16.9 Å². The van der Waals surface area contributed by atoms with Crippen LogP contribution >= 0.6 is 7.82 Å². The summed E-state index contributed by atoms with van der Waals surface area (Å²) in [6.07, 6.45) is 0. The summed E-state index contributed by atoms with van der Waals surface area (Å²) in [4.78, 5) is 39.3. The van der Waals surface area contributed by atoms with Crippen LogP contribution in [0.25, 0.3) is 0 Å².